The molecule has 1 aliphatic heterocycles. The molecule has 1 rings (SSSR count). The molecule has 1 aliphatic rings. The van der Waals surface area contributed by atoms with E-state index in [0.717, 1.165) is 25.3 Å². The molecule has 84 valence electrons. The van der Waals surface area contributed by atoms with E-state index >= 15 is 0 Å². The molecular weight excluding hydrogens is 174 g/mol. The fourth-order valence-corrected chi connectivity index (χ4v) is 1.84. The molecule has 1 saturated heterocycles. The standard InChI is InChI=1S/C12H25NO/c1-5-11(14)6-7-13-8-10(9-13)12(2,3)4/h10-11,14H,5-9H2,1-4H3. The van der Waals surface area contributed by atoms with Crippen LogP contribution in [0.5, 0.6) is 0 Å². The zero-order valence-electron chi connectivity index (χ0n) is 10.1. The first-order valence-electron chi connectivity index (χ1n) is 5.84. The second-order valence-electron chi connectivity index (χ2n) is 5.67. The van der Waals surface area contributed by atoms with Gasteiger partial charge in [0.25, 0.3) is 0 Å². The van der Waals surface area contributed by atoms with Crippen LogP contribution in [0.2, 0.25) is 0 Å². The number of rotatable bonds is 4. The van der Waals surface area contributed by atoms with Gasteiger partial charge in [-0.15, -0.1) is 0 Å². The van der Waals surface area contributed by atoms with Crippen molar-refractivity contribution in [3.05, 3.63) is 0 Å². The molecule has 1 atom stereocenters. The molecule has 0 aliphatic carbocycles. The van der Waals surface area contributed by atoms with Crippen LogP contribution in [-0.4, -0.2) is 35.7 Å². The lowest BCUT2D eigenvalue weighted by Crippen LogP contribution is -2.52. The third-order valence-electron chi connectivity index (χ3n) is 3.43. The van der Waals surface area contributed by atoms with Gasteiger partial charge in [0.2, 0.25) is 0 Å². The van der Waals surface area contributed by atoms with Crippen molar-refractivity contribution in [2.75, 3.05) is 19.6 Å². The van der Waals surface area contributed by atoms with Gasteiger partial charge in [0.05, 0.1) is 6.10 Å². The minimum Gasteiger partial charge on any atom is -0.393 e. The van der Waals surface area contributed by atoms with Gasteiger partial charge < -0.3 is 10.0 Å². The second kappa shape index (κ2) is 4.63. The Bertz CT molecular complexity index is 168. The molecule has 0 aromatic heterocycles. The van der Waals surface area contributed by atoms with Crippen LogP contribution in [0, 0.1) is 11.3 Å². The maximum absolute atomic E-state index is 9.43. The number of nitrogens with zero attached hydrogens (tertiary/aromatic N) is 1. The minimum atomic E-state index is -0.0938. The van der Waals surface area contributed by atoms with Gasteiger partial charge in [0, 0.05) is 19.6 Å². The first kappa shape index (κ1) is 12.0. The van der Waals surface area contributed by atoms with Crippen LogP contribution in [0.3, 0.4) is 0 Å². The van der Waals surface area contributed by atoms with Crippen LogP contribution < -0.4 is 0 Å². The highest BCUT2D eigenvalue weighted by Gasteiger charge is 2.35. The zero-order valence-corrected chi connectivity index (χ0v) is 10.1. The average molecular weight is 199 g/mol. The van der Waals surface area contributed by atoms with Gasteiger partial charge in [-0.3, -0.25) is 0 Å². The quantitative estimate of drug-likeness (QED) is 0.749. The molecule has 1 unspecified atom stereocenters. The summed E-state index contributed by atoms with van der Waals surface area (Å²) in [6.45, 7) is 12.5. The van der Waals surface area contributed by atoms with Crippen LogP contribution in [0.25, 0.3) is 0 Å². The van der Waals surface area contributed by atoms with Crippen LogP contribution in [-0.2, 0) is 0 Å². The van der Waals surface area contributed by atoms with Crippen molar-refractivity contribution in [3.63, 3.8) is 0 Å². The molecule has 1 heterocycles. The van der Waals surface area contributed by atoms with Crippen molar-refractivity contribution in [2.24, 2.45) is 11.3 Å². The highest BCUT2D eigenvalue weighted by Crippen LogP contribution is 2.33. The molecule has 0 spiro atoms. The molecule has 0 radical (unpaired) electrons. The lowest BCUT2D eigenvalue weighted by atomic mass is 9.76. The molecule has 0 aromatic carbocycles. The maximum Gasteiger partial charge on any atom is 0.0549 e. The Kier molecular flexibility index (Phi) is 3.96. The summed E-state index contributed by atoms with van der Waals surface area (Å²) in [5.74, 6) is 0.848. The molecule has 1 fully saturated rings. The van der Waals surface area contributed by atoms with E-state index < -0.39 is 0 Å². The van der Waals surface area contributed by atoms with Crippen LogP contribution in [0.4, 0.5) is 0 Å². The van der Waals surface area contributed by atoms with Gasteiger partial charge in [0.15, 0.2) is 0 Å². The molecule has 1 N–H and O–H groups in total. The maximum atomic E-state index is 9.43. The van der Waals surface area contributed by atoms with E-state index in [2.05, 4.69) is 25.7 Å². The molecule has 0 amide bonds. The minimum absolute atomic E-state index is 0.0938. The Balaban J connectivity index is 2.10. The summed E-state index contributed by atoms with van der Waals surface area (Å²) >= 11 is 0. The van der Waals surface area contributed by atoms with Crippen LogP contribution in [0.15, 0.2) is 0 Å². The summed E-state index contributed by atoms with van der Waals surface area (Å²) < 4.78 is 0. The normalized spacial score (nSPS) is 22.1. The summed E-state index contributed by atoms with van der Waals surface area (Å²) in [5.41, 5.74) is 0.458. The summed E-state index contributed by atoms with van der Waals surface area (Å²) in [7, 11) is 0. The fraction of sp³-hybridized carbons (Fsp3) is 1.00. The molecule has 0 bridgehead atoms. The Hall–Kier alpha value is -0.0800. The van der Waals surface area contributed by atoms with Gasteiger partial charge in [-0.05, 0) is 24.2 Å². The molecule has 14 heavy (non-hydrogen) atoms. The summed E-state index contributed by atoms with van der Waals surface area (Å²) in [6.07, 6.45) is 1.73. The Morgan fingerprint density at radius 1 is 1.36 bits per heavy atom. The Labute approximate surface area is 88.3 Å². The lowest BCUT2D eigenvalue weighted by Gasteiger charge is -2.46. The predicted molar refractivity (Wildman–Crippen MR) is 60.3 cm³/mol. The van der Waals surface area contributed by atoms with E-state index in [1.165, 1.54) is 13.1 Å². The van der Waals surface area contributed by atoms with Gasteiger partial charge in [-0.25, -0.2) is 0 Å². The number of hydrogen-bond donors (Lipinski definition) is 1. The highest BCUT2D eigenvalue weighted by atomic mass is 16.3. The molecule has 2 nitrogen and oxygen atoms in total. The van der Waals surface area contributed by atoms with E-state index in [1.54, 1.807) is 0 Å². The lowest BCUT2D eigenvalue weighted by molar-refractivity contribution is 0.0141. The van der Waals surface area contributed by atoms with Crippen molar-refractivity contribution in [1.82, 2.24) is 4.90 Å². The first-order valence-corrected chi connectivity index (χ1v) is 5.84. The molecule has 2 heteroatoms. The first-order chi connectivity index (χ1) is 6.43. The van der Waals surface area contributed by atoms with E-state index in [4.69, 9.17) is 0 Å². The topological polar surface area (TPSA) is 23.5 Å². The van der Waals surface area contributed by atoms with Crippen LogP contribution >= 0.6 is 0 Å². The average Bonchev–Trinajstić information content (AvgIpc) is 1.98. The third-order valence-corrected chi connectivity index (χ3v) is 3.43. The molecular formula is C12H25NO. The number of hydrogen-bond acceptors (Lipinski definition) is 2. The highest BCUT2D eigenvalue weighted by molar-refractivity contribution is 4.87. The van der Waals surface area contributed by atoms with E-state index in [-0.39, 0.29) is 6.10 Å². The number of likely N-dealkylation sites (tertiary alicyclic amines) is 1. The smallest absolute Gasteiger partial charge is 0.0549 e. The zero-order chi connectivity index (χ0) is 10.8. The molecule has 0 saturated carbocycles. The van der Waals surface area contributed by atoms with Crippen molar-refractivity contribution < 1.29 is 5.11 Å². The second-order valence-corrected chi connectivity index (χ2v) is 5.67. The predicted octanol–water partition coefficient (Wildman–Crippen LogP) is 2.13. The van der Waals surface area contributed by atoms with Crippen molar-refractivity contribution in [3.8, 4) is 0 Å². The number of aliphatic hydroxyl groups excluding tert-OH is 1. The Morgan fingerprint density at radius 3 is 2.36 bits per heavy atom. The van der Waals surface area contributed by atoms with Crippen molar-refractivity contribution >= 4 is 0 Å². The third kappa shape index (κ3) is 3.25. The van der Waals surface area contributed by atoms with Gasteiger partial charge in [0.1, 0.15) is 0 Å². The SMILES string of the molecule is CCC(O)CCN1CC(C(C)(C)C)C1. The Morgan fingerprint density at radius 2 is 1.93 bits per heavy atom. The van der Waals surface area contributed by atoms with Crippen molar-refractivity contribution in [1.29, 1.82) is 0 Å². The van der Waals surface area contributed by atoms with E-state index in [1.807, 2.05) is 6.92 Å². The largest absolute Gasteiger partial charge is 0.393 e. The van der Waals surface area contributed by atoms with E-state index in [9.17, 15) is 5.11 Å². The van der Waals surface area contributed by atoms with Crippen LogP contribution in [0.1, 0.15) is 40.5 Å². The summed E-state index contributed by atoms with van der Waals surface area (Å²) in [5, 5.41) is 9.43. The molecule has 0 aromatic rings. The monoisotopic (exact) mass is 199 g/mol. The van der Waals surface area contributed by atoms with Gasteiger partial charge in [-0.1, -0.05) is 27.7 Å². The van der Waals surface area contributed by atoms with E-state index in [0.29, 0.717) is 5.41 Å². The van der Waals surface area contributed by atoms with Gasteiger partial charge in [-0.2, -0.15) is 0 Å². The summed E-state index contributed by atoms with van der Waals surface area (Å²) in [6, 6.07) is 0. The fourth-order valence-electron chi connectivity index (χ4n) is 1.84. The number of aliphatic hydroxyl groups is 1. The van der Waals surface area contributed by atoms with Gasteiger partial charge >= 0.3 is 0 Å². The van der Waals surface area contributed by atoms with Crippen molar-refractivity contribution in [2.45, 2.75) is 46.6 Å². The summed E-state index contributed by atoms with van der Waals surface area (Å²) in [4.78, 5) is 2.45.